The van der Waals surface area contributed by atoms with E-state index in [-0.39, 0.29) is 0 Å². The molecule has 1 aromatic heterocycles. The summed E-state index contributed by atoms with van der Waals surface area (Å²) in [7, 11) is 2.16. The van der Waals surface area contributed by atoms with Crippen LogP contribution in [0.3, 0.4) is 0 Å². The van der Waals surface area contributed by atoms with Gasteiger partial charge in [-0.15, -0.1) is 0 Å². The van der Waals surface area contributed by atoms with Gasteiger partial charge in [-0.05, 0) is 53.4 Å². The van der Waals surface area contributed by atoms with E-state index in [1.54, 1.807) is 0 Å². The first-order valence-electron chi connectivity index (χ1n) is 6.10. The number of aromatic nitrogens is 1. The van der Waals surface area contributed by atoms with Crippen molar-refractivity contribution in [1.29, 1.82) is 0 Å². The van der Waals surface area contributed by atoms with Crippen LogP contribution >= 0.6 is 15.9 Å². The minimum absolute atomic E-state index is 0.689. The van der Waals surface area contributed by atoms with Gasteiger partial charge in [0, 0.05) is 36.6 Å². The molecule has 0 amide bonds. The van der Waals surface area contributed by atoms with E-state index in [4.69, 9.17) is 4.74 Å². The Hall–Kier alpha value is -0.450. The van der Waals surface area contributed by atoms with Crippen molar-refractivity contribution in [3.05, 3.63) is 28.5 Å². The summed E-state index contributed by atoms with van der Waals surface area (Å²) in [6, 6.07) is 2.13. The lowest BCUT2D eigenvalue weighted by Gasteiger charge is -2.27. The predicted molar refractivity (Wildman–Crippen MR) is 71.8 cm³/mol. The number of halogens is 1. The number of pyridine rings is 1. The van der Waals surface area contributed by atoms with Gasteiger partial charge >= 0.3 is 0 Å². The zero-order chi connectivity index (χ0) is 12.1. The summed E-state index contributed by atoms with van der Waals surface area (Å²) < 4.78 is 6.55. The van der Waals surface area contributed by atoms with Crippen LogP contribution in [0.4, 0.5) is 0 Å². The Kier molecular flexibility index (Phi) is 4.95. The molecule has 0 spiro atoms. The number of hydrogen-bond acceptors (Lipinski definition) is 3. The second-order valence-corrected chi connectivity index (χ2v) is 5.71. The Labute approximate surface area is 111 Å². The molecule has 0 bridgehead atoms. The summed E-state index contributed by atoms with van der Waals surface area (Å²) in [4.78, 5) is 6.54. The van der Waals surface area contributed by atoms with Crippen LogP contribution in [0.1, 0.15) is 18.4 Å². The van der Waals surface area contributed by atoms with Crippen LogP contribution < -0.4 is 0 Å². The summed E-state index contributed by atoms with van der Waals surface area (Å²) in [5, 5.41) is 0. The number of nitrogens with zero attached hydrogens (tertiary/aromatic N) is 2. The maximum absolute atomic E-state index is 5.51. The highest BCUT2D eigenvalue weighted by molar-refractivity contribution is 9.10. The lowest BCUT2D eigenvalue weighted by atomic mass is 10.0. The third-order valence-corrected chi connectivity index (χ3v) is 3.47. The van der Waals surface area contributed by atoms with Crippen molar-refractivity contribution in [3.63, 3.8) is 0 Å². The molecule has 2 rings (SSSR count). The van der Waals surface area contributed by atoms with Gasteiger partial charge in [0.25, 0.3) is 0 Å². The van der Waals surface area contributed by atoms with Crippen LogP contribution in [-0.4, -0.2) is 36.7 Å². The Bertz CT molecular complexity index is 353. The van der Waals surface area contributed by atoms with Crippen LogP contribution in [0, 0.1) is 5.92 Å². The number of hydrogen-bond donors (Lipinski definition) is 0. The molecule has 1 aliphatic rings. The smallest absolute Gasteiger partial charge is 0.0506 e. The van der Waals surface area contributed by atoms with E-state index in [0.29, 0.717) is 5.92 Å². The molecule has 1 atom stereocenters. The molecule has 0 saturated carbocycles. The van der Waals surface area contributed by atoms with E-state index in [2.05, 4.69) is 38.9 Å². The molecule has 0 N–H and O–H groups in total. The molecule has 3 nitrogen and oxygen atoms in total. The Morgan fingerprint density at radius 1 is 1.53 bits per heavy atom. The first kappa shape index (κ1) is 13.0. The Morgan fingerprint density at radius 3 is 3.12 bits per heavy atom. The second kappa shape index (κ2) is 6.47. The average molecular weight is 299 g/mol. The minimum Gasteiger partial charge on any atom is -0.381 e. The van der Waals surface area contributed by atoms with Crippen LogP contribution in [0.5, 0.6) is 0 Å². The van der Waals surface area contributed by atoms with Crippen LogP contribution in [-0.2, 0) is 11.3 Å². The fraction of sp³-hybridized carbons (Fsp3) is 0.615. The molecular weight excluding hydrogens is 280 g/mol. The third-order valence-electron chi connectivity index (χ3n) is 3.04. The molecule has 1 aromatic rings. The summed E-state index contributed by atoms with van der Waals surface area (Å²) in [5.74, 6) is 0.689. The Balaban J connectivity index is 1.82. The Morgan fingerprint density at radius 2 is 2.41 bits per heavy atom. The average Bonchev–Trinajstić information content (AvgIpc) is 2.30. The topological polar surface area (TPSA) is 25.4 Å². The summed E-state index contributed by atoms with van der Waals surface area (Å²) in [6.45, 7) is 3.91. The fourth-order valence-corrected chi connectivity index (χ4v) is 2.72. The van der Waals surface area contributed by atoms with Gasteiger partial charge in [-0.2, -0.15) is 0 Å². The van der Waals surface area contributed by atoms with Crippen molar-refractivity contribution in [2.45, 2.75) is 19.4 Å². The molecule has 17 heavy (non-hydrogen) atoms. The molecule has 0 radical (unpaired) electrons. The zero-order valence-electron chi connectivity index (χ0n) is 10.2. The van der Waals surface area contributed by atoms with Crippen LogP contribution in [0.15, 0.2) is 22.9 Å². The van der Waals surface area contributed by atoms with Crippen LogP contribution in [0.2, 0.25) is 0 Å². The van der Waals surface area contributed by atoms with Crippen molar-refractivity contribution in [2.24, 2.45) is 5.92 Å². The molecule has 4 heteroatoms. The minimum atomic E-state index is 0.689. The van der Waals surface area contributed by atoms with E-state index >= 15 is 0 Å². The lowest BCUT2D eigenvalue weighted by molar-refractivity contribution is 0.0411. The highest BCUT2D eigenvalue weighted by Crippen LogP contribution is 2.16. The number of rotatable bonds is 4. The second-order valence-electron chi connectivity index (χ2n) is 4.79. The quantitative estimate of drug-likeness (QED) is 0.855. The molecule has 1 saturated heterocycles. The number of ether oxygens (including phenoxy) is 1. The van der Waals surface area contributed by atoms with Gasteiger partial charge in [0.2, 0.25) is 0 Å². The molecule has 2 heterocycles. The van der Waals surface area contributed by atoms with E-state index in [9.17, 15) is 0 Å². The molecule has 1 fully saturated rings. The normalized spacial score (nSPS) is 20.8. The highest BCUT2D eigenvalue weighted by atomic mass is 79.9. The first-order valence-corrected chi connectivity index (χ1v) is 6.89. The SMILES string of the molecule is CN(Cc1cncc(Br)c1)CC1CCCOC1. The van der Waals surface area contributed by atoms with Gasteiger partial charge < -0.3 is 9.64 Å². The van der Waals surface area contributed by atoms with Crippen LogP contribution in [0.25, 0.3) is 0 Å². The molecule has 94 valence electrons. The third kappa shape index (κ3) is 4.37. The van der Waals surface area contributed by atoms with Gasteiger partial charge in [0.15, 0.2) is 0 Å². The van der Waals surface area contributed by atoms with Crippen molar-refractivity contribution in [2.75, 3.05) is 26.8 Å². The van der Waals surface area contributed by atoms with Crippen molar-refractivity contribution in [3.8, 4) is 0 Å². The summed E-state index contributed by atoms with van der Waals surface area (Å²) >= 11 is 3.45. The molecule has 0 aliphatic carbocycles. The maximum Gasteiger partial charge on any atom is 0.0506 e. The molecule has 1 unspecified atom stereocenters. The van der Waals surface area contributed by atoms with Crippen molar-refractivity contribution < 1.29 is 4.74 Å². The molecule has 0 aromatic carbocycles. The standard InChI is InChI=1S/C13H19BrN2O/c1-16(8-11-3-2-4-17-10-11)9-12-5-13(14)7-15-6-12/h5-7,11H,2-4,8-10H2,1H3. The first-order chi connectivity index (χ1) is 8.24. The fourth-order valence-electron chi connectivity index (χ4n) is 2.31. The lowest BCUT2D eigenvalue weighted by Crippen LogP contribution is -2.30. The van der Waals surface area contributed by atoms with Gasteiger partial charge in [-0.3, -0.25) is 4.98 Å². The van der Waals surface area contributed by atoms with E-state index < -0.39 is 0 Å². The summed E-state index contributed by atoms with van der Waals surface area (Å²) in [6.07, 6.45) is 6.25. The van der Waals surface area contributed by atoms with E-state index in [1.807, 2.05) is 12.4 Å². The van der Waals surface area contributed by atoms with E-state index in [0.717, 1.165) is 30.8 Å². The highest BCUT2D eigenvalue weighted by Gasteiger charge is 2.15. The van der Waals surface area contributed by atoms with Crippen molar-refractivity contribution in [1.82, 2.24) is 9.88 Å². The van der Waals surface area contributed by atoms with Gasteiger partial charge in [-0.25, -0.2) is 0 Å². The largest absolute Gasteiger partial charge is 0.381 e. The predicted octanol–water partition coefficient (Wildman–Crippen LogP) is 2.70. The van der Waals surface area contributed by atoms with Crippen molar-refractivity contribution >= 4 is 15.9 Å². The van der Waals surface area contributed by atoms with E-state index in [1.165, 1.54) is 18.4 Å². The maximum atomic E-state index is 5.51. The van der Waals surface area contributed by atoms with Gasteiger partial charge in [0.1, 0.15) is 0 Å². The molecular formula is C13H19BrN2O. The summed E-state index contributed by atoms with van der Waals surface area (Å²) in [5.41, 5.74) is 1.25. The van der Waals surface area contributed by atoms with Gasteiger partial charge in [0.05, 0.1) is 6.61 Å². The zero-order valence-corrected chi connectivity index (χ0v) is 11.8. The monoisotopic (exact) mass is 298 g/mol. The molecule has 1 aliphatic heterocycles. The van der Waals surface area contributed by atoms with Gasteiger partial charge in [-0.1, -0.05) is 0 Å².